The van der Waals surface area contributed by atoms with E-state index in [1.807, 2.05) is 30.3 Å². The van der Waals surface area contributed by atoms with Crippen molar-refractivity contribution in [2.45, 2.75) is 0 Å². The molecule has 0 aliphatic rings. The van der Waals surface area contributed by atoms with Gasteiger partial charge in [-0.05, 0) is 12.1 Å². The van der Waals surface area contributed by atoms with Gasteiger partial charge in [0.15, 0.2) is 5.82 Å². The summed E-state index contributed by atoms with van der Waals surface area (Å²) in [7, 11) is 0. The van der Waals surface area contributed by atoms with Crippen molar-refractivity contribution < 1.29 is 0 Å². The molecule has 0 saturated heterocycles. The highest BCUT2D eigenvalue weighted by Crippen LogP contribution is 2.20. The summed E-state index contributed by atoms with van der Waals surface area (Å²) in [6.45, 7) is 0. The minimum atomic E-state index is 0.145. The summed E-state index contributed by atoms with van der Waals surface area (Å²) < 4.78 is 0. The maximum absolute atomic E-state index is 5.84. The van der Waals surface area contributed by atoms with Crippen molar-refractivity contribution in [2.24, 2.45) is 0 Å². The molecule has 0 unspecified atom stereocenters. The molecule has 3 aromatic rings. The normalized spacial score (nSPS) is 10.3. The first-order valence-corrected chi connectivity index (χ1v) is 6.54. The maximum Gasteiger partial charge on any atom is 0.232 e. The average Bonchev–Trinajstić information content (AvgIpc) is 2.47. The number of pyridine rings is 1. The molecule has 0 aliphatic carbocycles. The van der Waals surface area contributed by atoms with Gasteiger partial charge in [0.1, 0.15) is 5.15 Å². The first-order chi connectivity index (χ1) is 10.2. The van der Waals surface area contributed by atoms with Crippen LogP contribution in [0.25, 0.3) is 11.4 Å². The first kappa shape index (κ1) is 13.3. The Balaban J connectivity index is 1.95. The molecular formula is C14H11ClN6. The zero-order chi connectivity index (χ0) is 14.7. The number of hydrogen-bond acceptors (Lipinski definition) is 6. The number of rotatable bonds is 3. The second-order valence-electron chi connectivity index (χ2n) is 4.20. The van der Waals surface area contributed by atoms with Gasteiger partial charge < -0.3 is 11.1 Å². The summed E-state index contributed by atoms with van der Waals surface area (Å²) in [4.78, 5) is 16.5. The number of anilines is 3. The van der Waals surface area contributed by atoms with Crippen LogP contribution >= 0.6 is 11.6 Å². The number of benzene rings is 1. The third-order valence-corrected chi connectivity index (χ3v) is 2.87. The highest BCUT2D eigenvalue weighted by molar-refractivity contribution is 6.29. The van der Waals surface area contributed by atoms with E-state index in [1.165, 1.54) is 0 Å². The zero-order valence-corrected chi connectivity index (χ0v) is 11.6. The molecular weight excluding hydrogens is 288 g/mol. The molecule has 2 heterocycles. The minimum absolute atomic E-state index is 0.145. The summed E-state index contributed by atoms with van der Waals surface area (Å²) in [5.41, 5.74) is 7.32. The van der Waals surface area contributed by atoms with E-state index < -0.39 is 0 Å². The van der Waals surface area contributed by atoms with Crippen LogP contribution in [0.3, 0.4) is 0 Å². The third-order valence-electron chi connectivity index (χ3n) is 2.67. The largest absolute Gasteiger partial charge is 0.368 e. The molecule has 0 atom stereocenters. The summed E-state index contributed by atoms with van der Waals surface area (Å²) in [5.74, 6) is 1.00. The van der Waals surface area contributed by atoms with E-state index in [0.29, 0.717) is 16.9 Å². The van der Waals surface area contributed by atoms with Gasteiger partial charge in [-0.2, -0.15) is 15.0 Å². The zero-order valence-electron chi connectivity index (χ0n) is 10.9. The van der Waals surface area contributed by atoms with Crippen LogP contribution in [0.15, 0.2) is 48.7 Å². The van der Waals surface area contributed by atoms with Crippen LogP contribution in [0, 0.1) is 0 Å². The molecule has 0 radical (unpaired) electrons. The molecule has 0 aliphatic heterocycles. The minimum Gasteiger partial charge on any atom is -0.368 e. The molecule has 0 bridgehead atoms. The summed E-state index contributed by atoms with van der Waals surface area (Å²) >= 11 is 5.84. The highest BCUT2D eigenvalue weighted by atomic mass is 35.5. The molecule has 0 saturated carbocycles. The van der Waals surface area contributed by atoms with Crippen LogP contribution in [0.2, 0.25) is 5.15 Å². The number of nitrogens with two attached hydrogens (primary N) is 1. The van der Waals surface area contributed by atoms with Crippen LogP contribution in [-0.2, 0) is 0 Å². The van der Waals surface area contributed by atoms with Crippen LogP contribution in [-0.4, -0.2) is 19.9 Å². The summed E-state index contributed by atoms with van der Waals surface area (Å²) in [5, 5.41) is 3.41. The Kier molecular flexibility index (Phi) is 3.61. The van der Waals surface area contributed by atoms with E-state index in [2.05, 4.69) is 25.3 Å². The molecule has 2 aromatic heterocycles. The van der Waals surface area contributed by atoms with Gasteiger partial charge in [-0.15, -0.1) is 0 Å². The molecule has 0 fully saturated rings. The Morgan fingerprint density at radius 2 is 1.81 bits per heavy atom. The predicted molar refractivity (Wildman–Crippen MR) is 82.2 cm³/mol. The first-order valence-electron chi connectivity index (χ1n) is 6.16. The van der Waals surface area contributed by atoms with Gasteiger partial charge in [0, 0.05) is 17.4 Å². The van der Waals surface area contributed by atoms with Gasteiger partial charge in [-0.3, -0.25) is 0 Å². The van der Waals surface area contributed by atoms with Crippen molar-refractivity contribution >= 4 is 29.2 Å². The number of halogens is 1. The van der Waals surface area contributed by atoms with Crippen LogP contribution in [0.4, 0.5) is 17.6 Å². The third kappa shape index (κ3) is 3.24. The van der Waals surface area contributed by atoms with Crippen LogP contribution < -0.4 is 11.1 Å². The molecule has 7 heteroatoms. The number of nitrogens with zero attached hydrogens (tertiary/aromatic N) is 4. The van der Waals surface area contributed by atoms with Crippen molar-refractivity contribution in [3.8, 4) is 11.4 Å². The second kappa shape index (κ2) is 5.72. The predicted octanol–water partition coefficient (Wildman–Crippen LogP) is 2.91. The molecule has 6 nitrogen and oxygen atoms in total. The lowest BCUT2D eigenvalue weighted by Gasteiger charge is -2.07. The quantitative estimate of drug-likeness (QED) is 0.723. The molecule has 0 amide bonds. The lowest BCUT2D eigenvalue weighted by molar-refractivity contribution is 1.08. The van der Waals surface area contributed by atoms with E-state index in [9.17, 15) is 0 Å². The van der Waals surface area contributed by atoms with Crippen LogP contribution in [0.5, 0.6) is 0 Å². The van der Waals surface area contributed by atoms with E-state index >= 15 is 0 Å². The smallest absolute Gasteiger partial charge is 0.232 e. The topological polar surface area (TPSA) is 89.6 Å². The Morgan fingerprint density at radius 1 is 1.00 bits per heavy atom. The van der Waals surface area contributed by atoms with Gasteiger partial charge in [0.25, 0.3) is 0 Å². The van der Waals surface area contributed by atoms with E-state index in [0.717, 1.165) is 11.3 Å². The molecule has 0 spiro atoms. The lowest BCUT2D eigenvalue weighted by atomic mass is 10.2. The molecule has 3 N–H and O–H groups in total. The molecule has 1 aromatic carbocycles. The van der Waals surface area contributed by atoms with Gasteiger partial charge >= 0.3 is 0 Å². The van der Waals surface area contributed by atoms with Gasteiger partial charge in [0.05, 0.1) is 0 Å². The monoisotopic (exact) mass is 298 g/mol. The number of hydrogen-bond donors (Lipinski definition) is 2. The average molecular weight is 299 g/mol. The SMILES string of the molecule is Nc1nc(Nc2ccnc(Cl)c2)nc(-c2ccccc2)n1. The van der Waals surface area contributed by atoms with Crippen molar-refractivity contribution in [1.29, 1.82) is 0 Å². The number of nitrogen functional groups attached to an aromatic ring is 1. The molecule has 21 heavy (non-hydrogen) atoms. The molecule has 3 rings (SSSR count). The van der Waals surface area contributed by atoms with Gasteiger partial charge in [0.2, 0.25) is 11.9 Å². The fourth-order valence-corrected chi connectivity index (χ4v) is 1.95. The fourth-order valence-electron chi connectivity index (χ4n) is 1.77. The van der Waals surface area contributed by atoms with Gasteiger partial charge in [-0.25, -0.2) is 4.98 Å². The Hall–Kier alpha value is -2.73. The Morgan fingerprint density at radius 3 is 2.57 bits per heavy atom. The number of aromatic nitrogens is 4. The summed E-state index contributed by atoms with van der Waals surface area (Å²) in [6, 6.07) is 13.0. The summed E-state index contributed by atoms with van der Waals surface area (Å²) in [6.07, 6.45) is 1.59. The van der Waals surface area contributed by atoms with E-state index in [1.54, 1.807) is 18.3 Å². The van der Waals surface area contributed by atoms with Gasteiger partial charge in [-0.1, -0.05) is 41.9 Å². The van der Waals surface area contributed by atoms with E-state index in [-0.39, 0.29) is 5.95 Å². The maximum atomic E-state index is 5.84. The Bertz CT molecular complexity index is 762. The molecule has 104 valence electrons. The van der Waals surface area contributed by atoms with E-state index in [4.69, 9.17) is 17.3 Å². The lowest BCUT2D eigenvalue weighted by Crippen LogP contribution is -2.05. The number of nitrogens with one attached hydrogen (secondary N) is 1. The second-order valence-corrected chi connectivity index (χ2v) is 4.59. The standard InChI is InChI=1S/C14H11ClN6/c15-11-8-10(6-7-17-11)18-14-20-12(19-13(16)21-14)9-4-2-1-3-5-9/h1-8H,(H3,16,17,18,19,20,21). The van der Waals surface area contributed by atoms with Crippen molar-refractivity contribution in [3.05, 3.63) is 53.8 Å². The van der Waals surface area contributed by atoms with Crippen molar-refractivity contribution in [3.63, 3.8) is 0 Å². The van der Waals surface area contributed by atoms with Crippen molar-refractivity contribution in [2.75, 3.05) is 11.1 Å². The van der Waals surface area contributed by atoms with Crippen LogP contribution in [0.1, 0.15) is 0 Å². The fraction of sp³-hybridized carbons (Fsp3) is 0. The Labute approximate surface area is 126 Å². The highest BCUT2D eigenvalue weighted by Gasteiger charge is 2.07. The van der Waals surface area contributed by atoms with Crippen molar-refractivity contribution in [1.82, 2.24) is 19.9 Å².